The SMILES string of the molecule is Cc1ncsc1-c1ccc(CNC(=O)[C@@H]2C[C@@H](O)CN2C(=O)[C@@H](NC(=O)COCCOCCO[C@@H](C)C(=O)O)C(C)(C)C)cc1. The molecule has 1 aliphatic heterocycles. The monoisotopic (exact) mass is 648 g/mol. The number of aryl methyl sites for hydroxylation is 1. The number of carbonyl (C=O) groups is 4. The quantitative estimate of drug-likeness (QED) is 0.196. The molecule has 1 aromatic heterocycles. The second-order valence-corrected chi connectivity index (χ2v) is 12.8. The summed E-state index contributed by atoms with van der Waals surface area (Å²) in [6.45, 7) is 9.25. The van der Waals surface area contributed by atoms with Gasteiger partial charge in [-0.25, -0.2) is 9.78 Å². The number of aliphatic hydroxyl groups excluding tert-OH is 1. The maximum atomic E-state index is 13.7. The Morgan fingerprint density at radius 3 is 2.38 bits per heavy atom. The van der Waals surface area contributed by atoms with E-state index in [2.05, 4.69) is 15.6 Å². The lowest BCUT2D eigenvalue weighted by molar-refractivity contribution is -0.150. The van der Waals surface area contributed by atoms with Crippen LogP contribution in [0, 0.1) is 12.3 Å². The first-order valence-corrected chi connectivity index (χ1v) is 15.7. The molecule has 2 aromatic rings. The Balaban J connectivity index is 1.49. The molecule has 1 aromatic carbocycles. The van der Waals surface area contributed by atoms with Crippen molar-refractivity contribution in [1.82, 2.24) is 20.5 Å². The van der Waals surface area contributed by atoms with E-state index in [4.69, 9.17) is 19.3 Å². The van der Waals surface area contributed by atoms with Gasteiger partial charge in [0.05, 0.1) is 48.6 Å². The number of hydrogen-bond donors (Lipinski definition) is 4. The highest BCUT2D eigenvalue weighted by Gasteiger charge is 2.44. The summed E-state index contributed by atoms with van der Waals surface area (Å²) < 4.78 is 15.7. The smallest absolute Gasteiger partial charge is 0.332 e. The van der Waals surface area contributed by atoms with Gasteiger partial charge in [0, 0.05) is 19.5 Å². The summed E-state index contributed by atoms with van der Waals surface area (Å²) >= 11 is 1.57. The number of benzene rings is 1. The molecule has 45 heavy (non-hydrogen) atoms. The third-order valence-corrected chi connectivity index (χ3v) is 8.24. The molecule has 0 bridgehead atoms. The van der Waals surface area contributed by atoms with Gasteiger partial charge in [-0.15, -0.1) is 11.3 Å². The first-order chi connectivity index (χ1) is 21.3. The number of aliphatic carboxylic acids is 1. The van der Waals surface area contributed by atoms with E-state index in [1.807, 2.05) is 31.2 Å². The van der Waals surface area contributed by atoms with E-state index in [-0.39, 0.29) is 58.5 Å². The predicted molar refractivity (Wildman–Crippen MR) is 166 cm³/mol. The number of nitrogens with zero attached hydrogens (tertiary/aromatic N) is 2. The molecule has 4 N–H and O–H groups in total. The van der Waals surface area contributed by atoms with Crippen LogP contribution < -0.4 is 10.6 Å². The summed E-state index contributed by atoms with van der Waals surface area (Å²) in [7, 11) is 0. The molecule has 13 nitrogen and oxygen atoms in total. The van der Waals surface area contributed by atoms with Gasteiger partial charge in [0.15, 0.2) is 6.10 Å². The summed E-state index contributed by atoms with van der Waals surface area (Å²) in [6.07, 6.45) is -1.71. The number of hydrogen-bond acceptors (Lipinski definition) is 10. The maximum absolute atomic E-state index is 13.7. The topological polar surface area (TPSA) is 177 Å². The zero-order valence-corrected chi connectivity index (χ0v) is 27.2. The Hall–Kier alpha value is -3.43. The number of thiazole rings is 1. The molecule has 3 rings (SSSR count). The summed E-state index contributed by atoms with van der Waals surface area (Å²) in [6, 6.07) is 5.96. The fourth-order valence-electron chi connectivity index (χ4n) is 4.72. The first kappa shape index (κ1) is 36.0. The van der Waals surface area contributed by atoms with Crippen molar-refractivity contribution >= 4 is 35.0 Å². The molecule has 3 amide bonds. The maximum Gasteiger partial charge on any atom is 0.332 e. The minimum Gasteiger partial charge on any atom is -0.479 e. The van der Waals surface area contributed by atoms with Gasteiger partial charge in [0.2, 0.25) is 17.7 Å². The van der Waals surface area contributed by atoms with Crippen LogP contribution in [0.25, 0.3) is 10.4 Å². The lowest BCUT2D eigenvalue weighted by Gasteiger charge is -2.35. The van der Waals surface area contributed by atoms with Gasteiger partial charge in [-0.1, -0.05) is 45.0 Å². The van der Waals surface area contributed by atoms with Crippen LogP contribution in [-0.2, 0) is 39.9 Å². The van der Waals surface area contributed by atoms with Crippen LogP contribution in [0.5, 0.6) is 0 Å². The molecule has 248 valence electrons. The average molecular weight is 649 g/mol. The highest BCUT2D eigenvalue weighted by atomic mass is 32.1. The molecule has 0 spiro atoms. The van der Waals surface area contributed by atoms with Crippen molar-refractivity contribution in [2.45, 2.75) is 71.9 Å². The minimum absolute atomic E-state index is 0.0228. The van der Waals surface area contributed by atoms with Gasteiger partial charge < -0.3 is 40.0 Å². The molecule has 0 saturated carbocycles. The average Bonchev–Trinajstić information content (AvgIpc) is 3.60. The molecular formula is C31H44N4O9S. The van der Waals surface area contributed by atoms with Gasteiger partial charge in [0.1, 0.15) is 18.7 Å². The van der Waals surface area contributed by atoms with Crippen molar-refractivity contribution < 1.29 is 43.6 Å². The predicted octanol–water partition coefficient (Wildman–Crippen LogP) is 1.75. The number of likely N-dealkylation sites (tertiary alicyclic amines) is 1. The van der Waals surface area contributed by atoms with Crippen LogP contribution >= 0.6 is 11.3 Å². The van der Waals surface area contributed by atoms with Crippen molar-refractivity contribution in [2.24, 2.45) is 5.41 Å². The molecule has 4 atom stereocenters. The van der Waals surface area contributed by atoms with Crippen LogP contribution in [0.1, 0.15) is 45.4 Å². The Morgan fingerprint density at radius 1 is 1.09 bits per heavy atom. The lowest BCUT2D eigenvalue weighted by Crippen LogP contribution is -2.58. The van der Waals surface area contributed by atoms with Crippen LogP contribution in [0.2, 0.25) is 0 Å². The fraction of sp³-hybridized carbons (Fsp3) is 0.581. The number of amides is 3. The van der Waals surface area contributed by atoms with Crippen molar-refractivity contribution in [3.63, 3.8) is 0 Å². The molecular weight excluding hydrogens is 604 g/mol. The molecule has 2 heterocycles. The Labute approximate surface area is 267 Å². The van der Waals surface area contributed by atoms with Crippen molar-refractivity contribution in [2.75, 3.05) is 39.6 Å². The van der Waals surface area contributed by atoms with E-state index in [1.54, 1.807) is 37.6 Å². The van der Waals surface area contributed by atoms with E-state index in [1.165, 1.54) is 11.8 Å². The molecule has 0 radical (unpaired) electrons. The number of carboxylic acids is 1. The van der Waals surface area contributed by atoms with E-state index in [0.29, 0.717) is 0 Å². The van der Waals surface area contributed by atoms with Crippen LogP contribution in [0.3, 0.4) is 0 Å². The highest BCUT2D eigenvalue weighted by molar-refractivity contribution is 7.13. The Kier molecular flexibility index (Phi) is 13.4. The third-order valence-electron chi connectivity index (χ3n) is 7.26. The summed E-state index contributed by atoms with van der Waals surface area (Å²) in [5, 5.41) is 24.8. The third kappa shape index (κ3) is 10.9. The standard InChI is InChI=1S/C31H44N4O9S/c1-19-26(45-18-33-19)22-8-6-21(7-9-22)15-32-28(38)24-14-23(36)16-35(24)29(39)27(31(3,4)5)34-25(37)17-43-11-10-42-12-13-44-20(2)30(40)41/h6-9,18,20,23-24,27,36H,10-17H2,1-5H3,(H,32,38)(H,34,37)(H,40,41)/t20-,23+,24-,27+/m0/s1. The molecule has 0 unspecified atom stereocenters. The van der Waals surface area contributed by atoms with Gasteiger partial charge in [-0.2, -0.15) is 0 Å². The number of carbonyl (C=O) groups excluding carboxylic acids is 3. The van der Waals surface area contributed by atoms with Crippen molar-refractivity contribution in [3.05, 3.63) is 41.0 Å². The molecule has 1 fully saturated rings. The van der Waals surface area contributed by atoms with Crippen molar-refractivity contribution in [1.29, 1.82) is 0 Å². The zero-order valence-electron chi connectivity index (χ0n) is 26.4. The Bertz CT molecular complexity index is 1290. The number of carboxylic acid groups (broad SMARTS) is 1. The van der Waals surface area contributed by atoms with E-state index < -0.39 is 47.5 Å². The van der Waals surface area contributed by atoms with Gasteiger partial charge in [-0.05, 0) is 30.4 Å². The van der Waals surface area contributed by atoms with Gasteiger partial charge in [-0.3, -0.25) is 14.4 Å². The molecule has 0 aliphatic carbocycles. The number of β-amino-alcohol motifs (C(OH)–C–C–N with tert-alkyl or cyclic N) is 1. The molecule has 1 aliphatic rings. The second kappa shape index (κ2) is 16.8. The van der Waals surface area contributed by atoms with Crippen molar-refractivity contribution in [3.8, 4) is 10.4 Å². The zero-order chi connectivity index (χ0) is 33.1. The highest BCUT2D eigenvalue weighted by Crippen LogP contribution is 2.28. The fourth-order valence-corrected chi connectivity index (χ4v) is 5.53. The number of nitrogens with one attached hydrogen (secondary N) is 2. The molecule has 14 heteroatoms. The number of aliphatic hydroxyl groups is 1. The van der Waals surface area contributed by atoms with Crippen LogP contribution in [-0.4, -0.2) is 108 Å². The lowest BCUT2D eigenvalue weighted by atomic mass is 9.85. The summed E-state index contributed by atoms with van der Waals surface area (Å²) in [4.78, 5) is 57.1. The second-order valence-electron chi connectivity index (χ2n) is 12.0. The number of ether oxygens (including phenoxy) is 3. The van der Waals surface area contributed by atoms with Crippen LogP contribution in [0.15, 0.2) is 29.8 Å². The normalized spacial score (nSPS) is 18.0. The van der Waals surface area contributed by atoms with E-state index in [0.717, 1.165) is 21.7 Å². The first-order valence-electron chi connectivity index (χ1n) is 14.8. The summed E-state index contributed by atoms with van der Waals surface area (Å²) in [5.74, 6) is -2.42. The molecule has 1 saturated heterocycles. The number of rotatable bonds is 16. The minimum atomic E-state index is -1.06. The van der Waals surface area contributed by atoms with E-state index in [9.17, 15) is 24.3 Å². The van der Waals surface area contributed by atoms with Gasteiger partial charge in [0.25, 0.3) is 0 Å². The van der Waals surface area contributed by atoms with E-state index >= 15 is 0 Å². The Morgan fingerprint density at radius 2 is 1.76 bits per heavy atom. The van der Waals surface area contributed by atoms with Gasteiger partial charge >= 0.3 is 5.97 Å². The van der Waals surface area contributed by atoms with Crippen LogP contribution in [0.4, 0.5) is 0 Å². The number of aromatic nitrogens is 1. The largest absolute Gasteiger partial charge is 0.479 e. The summed E-state index contributed by atoms with van der Waals surface area (Å²) in [5.41, 5.74) is 4.00.